The molecule has 10 heteroatoms. The van der Waals surface area contributed by atoms with Gasteiger partial charge in [0.15, 0.2) is 5.11 Å². The van der Waals surface area contributed by atoms with E-state index in [4.69, 9.17) is 12.2 Å². The number of carbonyl (C=O) groups excluding carboxylic acids is 2. The van der Waals surface area contributed by atoms with Crippen molar-refractivity contribution >= 4 is 63.5 Å². The molecule has 5 nitrogen and oxygen atoms in total. The van der Waals surface area contributed by atoms with Gasteiger partial charge in [0.25, 0.3) is 11.8 Å². The Morgan fingerprint density at radius 3 is 2.38 bits per heavy atom. The molecule has 0 bridgehead atoms. The number of thiocarbonyl (C=S) groups is 1. The van der Waals surface area contributed by atoms with Crippen molar-refractivity contribution in [3.8, 4) is 5.69 Å². The number of rotatable bonds is 3. The van der Waals surface area contributed by atoms with E-state index in [0.29, 0.717) is 5.69 Å². The lowest BCUT2D eigenvalue weighted by atomic mass is 10.1. The van der Waals surface area contributed by atoms with Gasteiger partial charge in [-0.15, -0.1) is 0 Å². The molecule has 2 amide bonds. The van der Waals surface area contributed by atoms with Crippen LogP contribution >= 0.6 is 34.8 Å². The maximum atomic E-state index is 13.1. The highest BCUT2D eigenvalue weighted by molar-refractivity contribution is 14.1. The van der Waals surface area contributed by atoms with Crippen LogP contribution in [0.1, 0.15) is 11.3 Å². The van der Waals surface area contributed by atoms with Gasteiger partial charge >= 0.3 is 6.18 Å². The van der Waals surface area contributed by atoms with E-state index in [1.165, 1.54) is 18.2 Å². The average Bonchev–Trinajstić information content (AvgIpc) is 3.19. The highest BCUT2D eigenvalue weighted by Crippen LogP contribution is 2.32. The number of anilines is 1. The molecule has 2 aromatic carbocycles. The van der Waals surface area contributed by atoms with Crippen LogP contribution in [0.4, 0.5) is 18.9 Å². The topological polar surface area (TPSA) is 54.3 Å². The summed E-state index contributed by atoms with van der Waals surface area (Å²) >= 11 is 7.26. The van der Waals surface area contributed by atoms with Gasteiger partial charge in [-0.2, -0.15) is 13.2 Å². The Bertz CT molecular complexity index is 1270. The first-order valence-electron chi connectivity index (χ1n) is 9.17. The lowest BCUT2D eigenvalue weighted by Crippen LogP contribution is -2.54. The Labute approximate surface area is 199 Å². The number of halogens is 4. The summed E-state index contributed by atoms with van der Waals surface area (Å²) in [5, 5.41) is 2.10. The number of aromatic nitrogens is 1. The van der Waals surface area contributed by atoms with Crippen LogP contribution < -0.4 is 10.2 Å². The molecule has 1 fully saturated rings. The molecule has 0 spiro atoms. The average molecular weight is 567 g/mol. The highest BCUT2D eigenvalue weighted by atomic mass is 127. The molecular formula is C22H13F3IN3O2S. The minimum absolute atomic E-state index is 0.0891. The van der Waals surface area contributed by atoms with Gasteiger partial charge in [-0.1, -0.05) is 6.07 Å². The fraction of sp³-hybridized carbons (Fsp3) is 0.0455. The zero-order valence-electron chi connectivity index (χ0n) is 16.1. The largest absolute Gasteiger partial charge is 0.416 e. The van der Waals surface area contributed by atoms with Crippen LogP contribution in [0.2, 0.25) is 0 Å². The van der Waals surface area contributed by atoms with E-state index >= 15 is 0 Å². The van der Waals surface area contributed by atoms with Crippen molar-refractivity contribution < 1.29 is 22.8 Å². The van der Waals surface area contributed by atoms with E-state index in [2.05, 4.69) is 27.9 Å². The molecule has 0 saturated carbocycles. The maximum Gasteiger partial charge on any atom is 0.416 e. The minimum atomic E-state index is -4.59. The van der Waals surface area contributed by atoms with E-state index < -0.39 is 23.6 Å². The summed E-state index contributed by atoms with van der Waals surface area (Å²) in [5.74, 6) is -1.54. The molecule has 0 unspecified atom stereocenters. The zero-order valence-corrected chi connectivity index (χ0v) is 19.0. The van der Waals surface area contributed by atoms with E-state index in [0.717, 1.165) is 26.3 Å². The van der Waals surface area contributed by atoms with E-state index in [-0.39, 0.29) is 16.4 Å². The number of alkyl halides is 3. The standard InChI is InChI=1S/C22H13F3IN3O2S/c23-22(24,25)13-3-1-4-17(11-13)29-20(31)18(19(30)27-21(29)32)12-16-5-2-10-28(16)15-8-6-14(26)7-9-15/h1-12H,(H,27,30,32)/b18-12+. The molecule has 0 radical (unpaired) electrons. The summed E-state index contributed by atoms with van der Waals surface area (Å²) in [6.07, 6.45) is -1.43. The first-order valence-corrected chi connectivity index (χ1v) is 10.7. The van der Waals surface area contributed by atoms with Crippen molar-refractivity contribution in [3.05, 3.63) is 87.3 Å². The Morgan fingerprint density at radius 2 is 1.69 bits per heavy atom. The molecule has 1 N–H and O–H groups in total. The summed E-state index contributed by atoms with van der Waals surface area (Å²) in [6, 6.07) is 15.3. The van der Waals surface area contributed by atoms with Gasteiger partial charge in [-0.3, -0.25) is 19.8 Å². The Kier molecular flexibility index (Phi) is 5.91. The van der Waals surface area contributed by atoms with E-state index in [1.54, 1.807) is 22.9 Å². The van der Waals surface area contributed by atoms with Crippen LogP contribution in [0, 0.1) is 3.57 Å². The SMILES string of the molecule is O=C1NC(=S)N(c2cccc(C(F)(F)F)c2)C(=O)/C1=C/c1cccn1-c1ccc(I)cc1. The Hall–Kier alpha value is -2.99. The molecule has 32 heavy (non-hydrogen) atoms. The highest BCUT2D eigenvalue weighted by Gasteiger charge is 2.36. The fourth-order valence-electron chi connectivity index (χ4n) is 3.21. The van der Waals surface area contributed by atoms with Gasteiger partial charge in [-0.05, 0) is 95.5 Å². The molecular weight excluding hydrogens is 554 g/mol. The van der Waals surface area contributed by atoms with Gasteiger partial charge in [0.05, 0.1) is 11.3 Å². The number of amides is 2. The van der Waals surface area contributed by atoms with Crippen LogP contribution in [0.25, 0.3) is 11.8 Å². The first-order chi connectivity index (χ1) is 15.1. The number of hydrogen-bond donors (Lipinski definition) is 1. The van der Waals surface area contributed by atoms with Gasteiger partial charge in [0.1, 0.15) is 5.57 Å². The monoisotopic (exact) mass is 567 g/mol. The third-order valence-corrected chi connectivity index (χ3v) is 5.71. The molecule has 2 heterocycles. The lowest BCUT2D eigenvalue weighted by Gasteiger charge is -2.29. The summed E-state index contributed by atoms with van der Waals surface area (Å²) < 4.78 is 42.2. The third kappa shape index (κ3) is 4.32. The zero-order chi connectivity index (χ0) is 23.0. The van der Waals surface area contributed by atoms with Crippen LogP contribution in [0.3, 0.4) is 0 Å². The second kappa shape index (κ2) is 8.51. The summed E-state index contributed by atoms with van der Waals surface area (Å²) in [6.45, 7) is 0. The number of benzene rings is 2. The second-order valence-corrected chi connectivity index (χ2v) is 8.42. The van der Waals surface area contributed by atoms with Gasteiger partial charge in [0.2, 0.25) is 0 Å². The van der Waals surface area contributed by atoms with Gasteiger partial charge in [-0.25, -0.2) is 0 Å². The molecule has 162 valence electrons. The molecule has 3 aromatic rings. The quantitative estimate of drug-likeness (QED) is 0.212. The van der Waals surface area contributed by atoms with Gasteiger partial charge in [0, 0.05) is 21.1 Å². The number of carbonyl (C=O) groups is 2. The number of nitrogens with one attached hydrogen (secondary N) is 1. The van der Waals surface area contributed by atoms with Crippen molar-refractivity contribution in [2.45, 2.75) is 6.18 Å². The molecule has 1 aromatic heterocycles. The van der Waals surface area contributed by atoms with Crippen molar-refractivity contribution in [2.24, 2.45) is 0 Å². The van der Waals surface area contributed by atoms with Crippen LogP contribution in [-0.4, -0.2) is 21.5 Å². The van der Waals surface area contributed by atoms with Crippen LogP contribution in [0.15, 0.2) is 72.4 Å². The summed E-state index contributed by atoms with van der Waals surface area (Å²) in [5.41, 5.74) is 0.0912. The van der Waals surface area contributed by atoms with Crippen molar-refractivity contribution in [1.29, 1.82) is 0 Å². The molecule has 1 aliphatic rings. The summed E-state index contributed by atoms with van der Waals surface area (Å²) in [7, 11) is 0. The number of nitrogens with zero attached hydrogens (tertiary/aromatic N) is 2. The van der Waals surface area contributed by atoms with E-state index in [1.807, 2.05) is 24.3 Å². The van der Waals surface area contributed by atoms with Gasteiger partial charge < -0.3 is 4.57 Å². The molecule has 0 atom stereocenters. The minimum Gasteiger partial charge on any atom is -0.317 e. The van der Waals surface area contributed by atoms with Crippen molar-refractivity contribution in [1.82, 2.24) is 9.88 Å². The predicted molar refractivity (Wildman–Crippen MR) is 126 cm³/mol. The summed E-state index contributed by atoms with van der Waals surface area (Å²) in [4.78, 5) is 26.6. The molecule has 4 rings (SSSR count). The first kappa shape index (κ1) is 22.2. The van der Waals surface area contributed by atoms with Crippen molar-refractivity contribution in [2.75, 3.05) is 4.90 Å². The Balaban J connectivity index is 1.74. The maximum absolute atomic E-state index is 13.1. The molecule has 0 aliphatic carbocycles. The lowest BCUT2D eigenvalue weighted by molar-refractivity contribution is -0.137. The molecule has 1 aliphatic heterocycles. The normalized spacial score (nSPS) is 15.9. The Morgan fingerprint density at radius 1 is 0.969 bits per heavy atom. The predicted octanol–water partition coefficient (Wildman–Crippen LogP) is 4.93. The molecule has 1 saturated heterocycles. The third-order valence-electron chi connectivity index (χ3n) is 4.71. The van der Waals surface area contributed by atoms with Crippen LogP contribution in [-0.2, 0) is 15.8 Å². The fourth-order valence-corrected chi connectivity index (χ4v) is 3.85. The smallest absolute Gasteiger partial charge is 0.317 e. The van der Waals surface area contributed by atoms with Crippen LogP contribution in [0.5, 0.6) is 0 Å². The number of hydrogen-bond acceptors (Lipinski definition) is 3. The second-order valence-electron chi connectivity index (χ2n) is 6.79. The van der Waals surface area contributed by atoms with Crippen molar-refractivity contribution in [3.63, 3.8) is 0 Å². The van der Waals surface area contributed by atoms with E-state index in [9.17, 15) is 22.8 Å².